The number of nitrogens with zero attached hydrogens (tertiary/aromatic N) is 2. The smallest absolute Gasteiger partial charge is 0.0763 e. The van der Waals surface area contributed by atoms with Gasteiger partial charge in [0.2, 0.25) is 0 Å². The molecule has 3 rings (SSSR count). The van der Waals surface area contributed by atoms with Crippen LogP contribution in [-0.4, -0.2) is 21.5 Å². The van der Waals surface area contributed by atoms with Crippen LogP contribution < -0.4 is 0 Å². The Kier molecular flexibility index (Phi) is 4.78. The first-order valence-corrected chi connectivity index (χ1v) is 8.77. The molecule has 1 N–H and O–H groups in total. The fourth-order valence-electron chi connectivity index (χ4n) is 3.16. The van der Waals surface area contributed by atoms with Gasteiger partial charge in [-0.2, -0.15) is 5.10 Å². The van der Waals surface area contributed by atoms with Crippen molar-refractivity contribution < 1.29 is 5.11 Å². The third-order valence-electron chi connectivity index (χ3n) is 4.47. The largest absolute Gasteiger partial charge is 0.396 e. The topological polar surface area (TPSA) is 38.0 Å². The normalized spacial score (nSPS) is 11.7. The third-order valence-corrected chi connectivity index (χ3v) is 4.47. The van der Waals surface area contributed by atoms with E-state index in [4.69, 9.17) is 10.2 Å². The Morgan fingerprint density at radius 1 is 0.960 bits per heavy atom. The molecule has 3 heteroatoms. The number of aliphatic hydroxyl groups is 1. The molecule has 0 aliphatic rings. The van der Waals surface area contributed by atoms with Gasteiger partial charge in [-0.1, -0.05) is 63.2 Å². The molecule has 0 aliphatic carbocycles. The number of aliphatic hydroxyl groups excluding tert-OH is 1. The molecule has 1 heterocycles. The van der Waals surface area contributed by atoms with Crippen LogP contribution >= 0.6 is 0 Å². The molecule has 0 unspecified atom stereocenters. The molecule has 0 aliphatic heterocycles. The zero-order valence-electron chi connectivity index (χ0n) is 15.5. The average Bonchev–Trinajstić information content (AvgIpc) is 2.94. The fraction of sp³-hybridized carbons (Fsp3) is 0.318. The molecule has 25 heavy (non-hydrogen) atoms. The summed E-state index contributed by atoms with van der Waals surface area (Å²) in [5.74, 6) is 0. The van der Waals surface area contributed by atoms with Gasteiger partial charge in [-0.25, -0.2) is 4.68 Å². The Labute approximate surface area is 150 Å². The van der Waals surface area contributed by atoms with Gasteiger partial charge in [0, 0.05) is 23.3 Å². The lowest BCUT2D eigenvalue weighted by molar-refractivity contribution is 0.299. The van der Waals surface area contributed by atoms with Gasteiger partial charge in [0.05, 0.1) is 11.4 Å². The van der Waals surface area contributed by atoms with E-state index in [0.717, 1.165) is 22.6 Å². The average molecular weight is 334 g/mol. The molecule has 2 aromatic carbocycles. The van der Waals surface area contributed by atoms with Crippen molar-refractivity contribution in [3.05, 3.63) is 71.5 Å². The first-order valence-electron chi connectivity index (χ1n) is 8.77. The number of hydrogen-bond donors (Lipinski definition) is 1. The molecule has 130 valence electrons. The summed E-state index contributed by atoms with van der Waals surface area (Å²) in [5, 5.41) is 14.1. The standard InChI is InChI=1S/C22H26N2O/c1-16-20(18-8-6-5-7-9-18)21(22(2,3)4)23-24(16)19-12-10-17(11-13-19)14-15-25/h5-13,25H,14-15H2,1-4H3. The van der Waals surface area contributed by atoms with E-state index < -0.39 is 0 Å². The maximum Gasteiger partial charge on any atom is 0.0763 e. The minimum Gasteiger partial charge on any atom is -0.396 e. The van der Waals surface area contributed by atoms with Crippen molar-refractivity contribution in [1.82, 2.24) is 9.78 Å². The zero-order chi connectivity index (χ0) is 18.0. The van der Waals surface area contributed by atoms with Crippen LogP contribution in [0.3, 0.4) is 0 Å². The van der Waals surface area contributed by atoms with E-state index in [1.54, 1.807) is 0 Å². The second kappa shape index (κ2) is 6.85. The van der Waals surface area contributed by atoms with E-state index in [2.05, 4.69) is 76.2 Å². The summed E-state index contributed by atoms with van der Waals surface area (Å²) < 4.78 is 2.03. The van der Waals surface area contributed by atoms with Crippen LogP contribution in [0.5, 0.6) is 0 Å². The second-order valence-electron chi connectivity index (χ2n) is 7.48. The number of benzene rings is 2. The van der Waals surface area contributed by atoms with Gasteiger partial charge in [-0.3, -0.25) is 0 Å². The molecule has 0 radical (unpaired) electrons. The molecule has 0 saturated carbocycles. The number of rotatable bonds is 4. The lowest BCUT2D eigenvalue weighted by Crippen LogP contribution is -2.14. The lowest BCUT2D eigenvalue weighted by Gasteiger charge is -2.17. The first kappa shape index (κ1) is 17.4. The Bertz CT molecular complexity index is 840. The van der Waals surface area contributed by atoms with Gasteiger partial charge < -0.3 is 5.11 Å². The van der Waals surface area contributed by atoms with Crippen molar-refractivity contribution in [2.24, 2.45) is 0 Å². The molecule has 0 bridgehead atoms. The van der Waals surface area contributed by atoms with Crippen molar-refractivity contribution >= 4 is 0 Å². The molecule has 1 aromatic heterocycles. The first-order chi connectivity index (χ1) is 11.9. The van der Waals surface area contributed by atoms with E-state index in [9.17, 15) is 0 Å². The third kappa shape index (κ3) is 3.52. The molecule has 0 atom stereocenters. The van der Waals surface area contributed by atoms with E-state index >= 15 is 0 Å². The Balaban J connectivity index is 2.14. The van der Waals surface area contributed by atoms with Crippen LogP contribution in [0.4, 0.5) is 0 Å². The maximum absolute atomic E-state index is 9.09. The highest BCUT2D eigenvalue weighted by atomic mass is 16.2. The van der Waals surface area contributed by atoms with Gasteiger partial charge >= 0.3 is 0 Å². The molecule has 0 amide bonds. The monoisotopic (exact) mass is 334 g/mol. The minimum absolute atomic E-state index is 0.0436. The molecule has 0 saturated heterocycles. The van der Waals surface area contributed by atoms with Crippen LogP contribution in [0.2, 0.25) is 0 Å². The quantitative estimate of drug-likeness (QED) is 0.752. The summed E-state index contributed by atoms with van der Waals surface area (Å²) in [4.78, 5) is 0. The molecular weight excluding hydrogens is 308 g/mol. The van der Waals surface area contributed by atoms with Crippen LogP contribution in [0.25, 0.3) is 16.8 Å². The predicted molar refractivity (Wildman–Crippen MR) is 103 cm³/mol. The van der Waals surface area contributed by atoms with E-state index in [-0.39, 0.29) is 12.0 Å². The summed E-state index contributed by atoms with van der Waals surface area (Å²) in [6, 6.07) is 18.8. The van der Waals surface area contributed by atoms with E-state index in [0.29, 0.717) is 6.42 Å². The second-order valence-corrected chi connectivity index (χ2v) is 7.48. The Morgan fingerprint density at radius 3 is 2.16 bits per heavy atom. The van der Waals surface area contributed by atoms with Crippen LogP contribution in [-0.2, 0) is 11.8 Å². The van der Waals surface area contributed by atoms with Gasteiger partial charge in [0.1, 0.15) is 0 Å². The summed E-state index contributed by atoms with van der Waals surface area (Å²) >= 11 is 0. The van der Waals surface area contributed by atoms with Crippen molar-refractivity contribution in [1.29, 1.82) is 0 Å². The van der Waals surface area contributed by atoms with Gasteiger partial charge in [-0.15, -0.1) is 0 Å². The van der Waals surface area contributed by atoms with Crippen molar-refractivity contribution in [3.63, 3.8) is 0 Å². The molecular formula is C22H26N2O. The van der Waals surface area contributed by atoms with Crippen LogP contribution in [0.1, 0.15) is 37.7 Å². The van der Waals surface area contributed by atoms with Crippen LogP contribution in [0.15, 0.2) is 54.6 Å². The van der Waals surface area contributed by atoms with Crippen molar-refractivity contribution in [3.8, 4) is 16.8 Å². The van der Waals surface area contributed by atoms with E-state index in [1.165, 1.54) is 11.1 Å². The molecule has 3 nitrogen and oxygen atoms in total. The lowest BCUT2D eigenvalue weighted by atomic mass is 9.86. The summed E-state index contributed by atoms with van der Waals surface area (Å²) in [7, 11) is 0. The number of hydrogen-bond acceptors (Lipinski definition) is 2. The van der Waals surface area contributed by atoms with E-state index in [1.807, 2.05) is 10.7 Å². The van der Waals surface area contributed by atoms with Crippen molar-refractivity contribution in [2.75, 3.05) is 6.61 Å². The van der Waals surface area contributed by atoms with Crippen molar-refractivity contribution in [2.45, 2.75) is 39.5 Å². The summed E-state index contributed by atoms with van der Waals surface area (Å²) in [6.07, 6.45) is 0.681. The molecule has 0 spiro atoms. The highest BCUT2D eigenvalue weighted by Crippen LogP contribution is 2.35. The predicted octanol–water partition coefficient (Wildman–Crippen LogP) is 4.68. The fourth-order valence-corrected chi connectivity index (χ4v) is 3.16. The highest BCUT2D eigenvalue weighted by Gasteiger charge is 2.26. The zero-order valence-corrected chi connectivity index (χ0v) is 15.5. The molecule has 3 aromatic rings. The number of aromatic nitrogens is 2. The molecule has 0 fully saturated rings. The maximum atomic E-state index is 9.09. The SMILES string of the molecule is Cc1c(-c2ccccc2)c(C(C)(C)C)nn1-c1ccc(CCO)cc1. The summed E-state index contributed by atoms with van der Waals surface area (Å²) in [5.41, 5.74) is 6.81. The van der Waals surface area contributed by atoms with Gasteiger partial charge in [-0.05, 0) is 36.6 Å². The van der Waals surface area contributed by atoms with Gasteiger partial charge in [0.25, 0.3) is 0 Å². The highest BCUT2D eigenvalue weighted by molar-refractivity contribution is 5.70. The Morgan fingerprint density at radius 2 is 1.60 bits per heavy atom. The minimum atomic E-state index is -0.0436. The van der Waals surface area contributed by atoms with Crippen LogP contribution in [0, 0.1) is 6.92 Å². The summed E-state index contributed by atoms with van der Waals surface area (Å²) in [6.45, 7) is 8.92. The Hall–Kier alpha value is -2.39. The van der Waals surface area contributed by atoms with Gasteiger partial charge in [0.15, 0.2) is 0 Å².